The summed E-state index contributed by atoms with van der Waals surface area (Å²) in [5, 5.41) is 24.3. The van der Waals surface area contributed by atoms with Crippen molar-refractivity contribution < 1.29 is 48.3 Å². The monoisotopic (exact) mass is 514 g/mol. The molecule has 4 aliphatic heterocycles. The molecule has 198 valence electrons. The van der Waals surface area contributed by atoms with Crippen molar-refractivity contribution in [2.45, 2.75) is 82.6 Å². The number of ether oxygens (including phenoxy) is 5. The minimum absolute atomic E-state index is 0.0731. The van der Waals surface area contributed by atoms with Crippen LogP contribution in [0.5, 0.6) is 0 Å². The number of benzene rings is 1. The number of esters is 3. The van der Waals surface area contributed by atoms with Crippen LogP contribution in [0.4, 0.5) is 0 Å². The van der Waals surface area contributed by atoms with Crippen molar-refractivity contribution >= 4 is 17.9 Å². The maximum Gasteiger partial charge on any atom is 0.343 e. The van der Waals surface area contributed by atoms with Gasteiger partial charge < -0.3 is 33.9 Å². The van der Waals surface area contributed by atoms with Gasteiger partial charge in [0.15, 0.2) is 17.8 Å². The molecule has 0 radical (unpaired) electrons. The molecule has 2 spiro atoms. The Morgan fingerprint density at radius 3 is 2.43 bits per heavy atom. The van der Waals surface area contributed by atoms with E-state index in [0.717, 1.165) is 5.56 Å². The van der Waals surface area contributed by atoms with Gasteiger partial charge in [0.2, 0.25) is 11.9 Å². The molecule has 11 atom stereocenters. The average Bonchev–Trinajstić information content (AvgIpc) is 3.55. The summed E-state index contributed by atoms with van der Waals surface area (Å²) in [6.07, 6.45) is -6.16. The van der Waals surface area contributed by atoms with E-state index in [-0.39, 0.29) is 12.5 Å². The Bertz CT molecular complexity index is 1230. The van der Waals surface area contributed by atoms with Gasteiger partial charge in [-0.3, -0.25) is 4.79 Å². The summed E-state index contributed by atoms with van der Waals surface area (Å²) in [6, 6.07) is 9.31. The lowest BCUT2D eigenvalue weighted by atomic mass is 9.51. The fourth-order valence-corrected chi connectivity index (χ4v) is 9.05. The zero-order valence-electron chi connectivity index (χ0n) is 21.0. The summed E-state index contributed by atoms with van der Waals surface area (Å²) in [5.74, 6) is -3.88. The second-order valence-electron chi connectivity index (χ2n) is 12.4. The van der Waals surface area contributed by atoms with E-state index >= 15 is 0 Å². The molecule has 6 fully saturated rings. The van der Waals surface area contributed by atoms with Gasteiger partial charge in [0.25, 0.3) is 0 Å². The van der Waals surface area contributed by atoms with Gasteiger partial charge in [-0.2, -0.15) is 0 Å². The van der Waals surface area contributed by atoms with Crippen molar-refractivity contribution in [3.63, 3.8) is 0 Å². The van der Waals surface area contributed by atoms with Gasteiger partial charge in [0, 0.05) is 0 Å². The van der Waals surface area contributed by atoms with Crippen LogP contribution in [0.1, 0.15) is 39.7 Å². The first kappa shape index (κ1) is 23.6. The third-order valence-corrected chi connectivity index (χ3v) is 10.2. The first-order chi connectivity index (χ1) is 17.4. The Balaban J connectivity index is 1.47. The van der Waals surface area contributed by atoms with E-state index in [2.05, 4.69) is 0 Å². The zero-order valence-corrected chi connectivity index (χ0v) is 21.0. The molecule has 10 heteroatoms. The lowest BCUT2D eigenvalue weighted by Crippen LogP contribution is -2.67. The van der Waals surface area contributed by atoms with E-state index in [4.69, 9.17) is 23.7 Å². The lowest BCUT2D eigenvalue weighted by Gasteiger charge is -2.48. The van der Waals surface area contributed by atoms with Crippen LogP contribution in [0.25, 0.3) is 0 Å². The highest BCUT2D eigenvalue weighted by Gasteiger charge is 3.04. The molecular formula is C27H30O10. The van der Waals surface area contributed by atoms with Crippen LogP contribution in [-0.2, 0) is 44.7 Å². The number of carbonyl (C=O) groups is 3. The van der Waals surface area contributed by atoms with Crippen molar-refractivity contribution in [3.05, 3.63) is 35.9 Å². The van der Waals surface area contributed by atoms with Crippen LogP contribution in [0, 0.1) is 28.1 Å². The van der Waals surface area contributed by atoms with E-state index in [1.807, 2.05) is 51.1 Å². The Kier molecular flexibility index (Phi) is 4.28. The summed E-state index contributed by atoms with van der Waals surface area (Å²) >= 11 is 0. The fourth-order valence-electron chi connectivity index (χ4n) is 9.05. The molecule has 1 aromatic carbocycles. The number of rotatable bonds is 3. The van der Waals surface area contributed by atoms with Crippen molar-refractivity contribution in [3.8, 4) is 0 Å². The molecule has 0 bridgehead atoms. The number of hydrogen-bond donors (Lipinski definition) is 2. The minimum Gasteiger partial charge on any atom is -0.459 e. The lowest BCUT2D eigenvalue weighted by molar-refractivity contribution is -0.240. The van der Waals surface area contributed by atoms with Gasteiger partial charge in [0.05, 0.1) is 23.4 Å². The van der Waals surface area contributed by atoms with Crippen LogP contribution in [0.2, 0.25) is 0 Å². The molecule has 4 heterocycles. The molecule has 2 saturated carbocycles. The van der Waals surface area contributed by atoms with Gasteiger partial charge in [-0.15, -0.1) is 0 Å². The second-order valence-corrected chi connectivity index (χ2v) is 12.4. The van der Waals surface area contributed by atoms with Crippen LogP contribution < -0.4 is 0 Å². The van der Waals surface area contributed by atoms with Gasteiger partial charge in [-0.25, -0.2) is 9.59 Å². The van der Waals surface area contributed by atoms with E-state index < -0.39 is 82.0 Å². The van der Waals surface area contributed by atoms with E-state index in [1.165, 1.54) is 6.92 Å². The molecule has 10 nitrogen and oxygen atoms in total. The molecule has 7 rings (SSSR count). The largest absolute Gasteiger partial charge is 0.459 e. The maximum absolute atomic E-state index is 13.8. The van der Waals surface area contributed by atoms with Crippen molar-refractivity contribution in [1.82, 2.24) is 0 Å². The Labute approximate surface area is 213 Å². The Morgan fingerprint density at radius 2 is 1.76 bits per heavy atom. The molecular weight excluding hydrogens is 484 g/mol. The average molecular weight is 515 g/mol. The second kappa shape index (κ2) is 6.72. The van der Waals surface area contributed by atoms with E-state index in [1.54, 1.807) is 0 Å². The number of hydrogen-bond acceptors (Lipinski definition) is 10. The highest BCUT2D eigenvalue weighted by molar-refractivity contribution is 5.94. The standard InChI is InChI=1S/C27H30O10/c1-12-19(29)35-17-16(28)25-15-10-14(23(2,3)4)24(25)18(33-11-13-8-6-5-7-9-13)20(30)36-22(24)37-27(25,21(31)34-15)26(12,17)32/h5-9,12,14-18,22,28,32H,10-11H2,1-4H3/t12-,14+,15?,16+,17+,18+,22?,24?,25?,26-,27+/m1/s1. The summed E-state index contributed by atoms with van der Waals surface area (Å²) in [6.45, 7) is 7.52. The quantitative estimate of drug-likeness (QED) is 0.441. The van der Waals surface area contributed by atoms with Crippen LogP contribution in [0.15, 0.2) is 30.3 Å². The molecule has 0 amide bonds. The summed E-state index contributed by atoms with van der Waals surface area (Å²) < 4.78 is 29.9. The molecule has 4 unspecified atom stereocenters. The number of carbonyl (C=O) groups excluding carboxylic acids is 3. The summed E-state index contributed by atoms with van der Waals surface area (Å²) in [7, 11) is 0. The Morgan fingerprint density at radius 1 is 1.05 bits per heavy atom. The molecule has 37 heavy (non-hydrogen) atoms. The first-order valence-corrected chi connectivity index (χ1v) is 12.8. The van der Waals surface area contributed by atoms with Crippen molar-refractivity contribution in [2.75, 3.05) is 0 Å². The summed E-state index contributed by atoms with van der Waals surface area (Å²) in [5.41, 5.74) is -7.12. The predicted octanol–water partition coefficient (Wildman–Crippen LogP) is 0.855. The van der Waals surface area contributed by atoms with E-state index in [0.29, 0.717) is 6.42 Å². The van der Waals surface area contributed by atoms with Gasteiger partial charge in [0.1, 0.15) is 12.2 Å². The zero-order chi connectivity index (χ0) is 26.3. The number of aliphatic hydroxyl groups is 2. The molecule has 4 saturated heterocycles. The third-order valence-electron chi connectivity index (χ3n) is 10.2. The van der Waals surface area contributed by atoms with Gasteiger partial charge >= 0.3 is 17.9 Å². The number of fused-ring (bicyclic) bond motifs is 1. The normalized spacial score (nSPS) is 50.9. The number of aliphatic hydroxyl groups excluding tert-OH is 1. The first-order valence-electron chi connectivity index (χ1n) is 12.8. The minimum atomic E-state index is -2.23. The third kappa shape index (κ3) is 2.14. The van der Waals surface area contributed by atoms with E-state index in [9.17, 15) is 24.6 Å². The molecule has 0 aromatic heterocycles. The van der Waals surface area contributed by atoms with Crippen LogP contribution in [0.3, 0.4) is 0 Å². The van der Waals surface area contributed by atoms with Gasteiger partial charge in [-0.05, 0) is 30.2 Å². The van der Waals surface area contributed by atoms with Crippen molar-refractivity contribution in [1.29, 1.82) is 0 Å². The highest BCUT2D eigenvalue weighted by atomic mass is 16.8. The maximum atomic E-state index is 13.8. The SMILES string of the molecule is C[C@@H]1C(=O)O[C@H]2[C@H](O)C34C5C[C@@H](C(C)(C)C)C36C(OC(=O)[C@@H]6OCc3ccccc3)O[C@]4(C(=O)O5)[C@@]12O. The predicted molar refractivity (Wildman–Crippen MR) is 121 cm³/mol. The Hall–Kier alpha value is -2.53. The molecule has 2 aliphatic carbocycles. The van der Waals surface area contributed by atoms with Crippen LogP contribution >= 0.6 is 0 Å². The topological polar surface area (TPSA) is 138 Å². The fraction of sp³-hybridized carbons (Fsp3) is 0.667. The molecule has 1 aromatic rings. The smallest absolute Gasteiger partial charge is 0.343 e. The molecule has 2 N–H and O–H groups in total. The molecule has 6 aliphatic rings. The van der Waals surface area contributed by atoms with Gasteiger partial charge in [-0.1, -0.05) is 51.1 Å². The summed E-state index contributed by atoms with van der Waals surface area (Å²) in [4.78, 5) is 39.9. The van der Waals surface area contributed by atoms with Crippen LogP contribution in [-0.4, -0.2) is 70.0 Å². The highest BCUT2D eigenvalue weighted by Crippen LogP contribution is 2.84. The van der Waals surface area contributed by atoms with Crippen molar-refractivity contribution in [2.24, 2.45) is 28.1 Å².